The molecule has 1 aromatic rings. The van der Waals surface area contributed by atoms with E-state index in [1.165, 1.54) is 6.07 Å². The second-order valence-electron chi connectivity index (χ2n) is 2.69. The van der Waals surface area contributed by atoms with E-state index in [1.54, 1.807) is 6.07 Å². The third kappa shape index (κ3) is 3.14. The van der Waals surface area contributed by atoms with Crippen molar-refractivity contribution in [2.24, 2.45) is 0 Å². The maximum absolute atomic E-state index is 11.9. The van der Waals surface area contributed by atoms with Crippen LogP contribution in [0.25, 0.3) is 0 Å². The molecule has 0 fully saturated rings. The van der Waals surface area contributed by atoms with E-state index in [-0.39, 0.29) is 12.0 Å². The molecule has 0 bridgehead atoms. The molecule has 0 amide bonds. The highest BCUT2D eigenvalue weighted by molar-refractivity contribution is 5.40. The summed E-state index contributed by atoms with van der Waals surface area (Å²) in [7, 11) is 0. The second-order valence-corrected chi connectivity index (χ2v) is 2.69. The SMILES string of the molecule is N#CCc1cnc(OC(F)(F)F)c(C#N)c1. The molecule has 1 aromatic heterocycles. The van der Waals surface area contributed by atoms with Crippen molar-refractivity contribution >= 4 is 0 Å². The quantitative estimate of drug-likeness (QED) is 0.773. The van der Waals surface area contributed by atoms with Gasteiger partial charge in [-0.2, -0.15) is 10.5 Å². The molecule has 0 aliphatic carbocycles. The Balaban J connectivity index is 3.05. The van der Waals surface area contributed by atoms with E-state index in [4.69, 9.17) is 10.5 Å². The van der Waals surface area contributed by atoms with Crippen LogP contribution in [0.5, 0.6) is 5.88 Å². The highest BCUT2D eigenvalue weighted by Gasteiger charge is 2.33. The molecule has 4 nitrogen and oxygen atoms in total. The predicted molar refractivity (Wildman–Crippen MR) is 45.0 cm³/mol. The molecule has 0 radical (unpaired) electrons. The fourth-order valence-corrected chi connectivity index (χ4v) is 0.954. The van der Waals surface area contributed by atoms with Gasteiger partial charge in [0.05, 0.1) is 12.5 Å². The van der Waals surface area contributed by atoms with Crippen LogP contribution in [0.3, 0.4) is 0 Å². The van der Waals surface area contributed by atoms with Crippen molar-refractivity contribution in [2.45, 2.75) is 12.8 Å². The minimum absolute atomic E-state index is 0.0338. The summed E-state index contributed by atoms with van der Waals surface area (Å²) in [5.74, 6) is -0.809. The molecule has 0 saturated heterocycles. The van der Waals surface area contributed by atoms with Crippen LogP contribution in [0.1, 0.15) is 11.1 Å². The summed E-state index contributed by atoms with van der Waals surface area (Å²) < 4.78 is 39.2. The van der Waals surface area contributed by atoms with Crippen LogP contribution < -0.4 is 4.74 Å². The molecule has 7 heteroatoms. The van der Waals surface area contributed by atoms with Crippen molar-refractivity contribution in [3.05, 3.63) is 23.4 Å². The van der Waals surface area contributed by atoms with Crippen molar-refractivity contribution in [1.29, 1.82) is 10.5 Å². The summed E-state index contributed by atoms with van der Waals surface area (Å²) in [6.45, 7) is 0. The number of pyridine rings is 1. The van der Waals surface area contributed by atoms with Gasteiger partial charge in [-0.25, -0.2) is 4.98 Å². The Kier molecular flexibility index (Phi) is 3.31. The molecule has 82 valence electrons. The molecular formula is C9H4F3N3O. The minimum Gasteiger partial charge on any atom is -0.386 e. The van der Waals surface area contributed by atoms with Crippen LogP contribution in [0.15, 0.2) is 12.3 Å². The van der Waals surface area contributed by atoms with Crippen molar-refractivity contribution in [3.8, 4) is 18.0 Å². The van der Waals surface area contributed by atoms with Crippen molar-refractivity contribution in [2.75, 3.05) is 0 Å². The lowest BCUT2D eigenvalue weighted by Crippen LogP contribution is -2.18. The van der Waals surface area contributed by atoms with Gasteiger partial charge in [-0.3, -0.25) is 0 Å². The van der Waals surface area contributed by atoms with Gasteiger partial charge < -0.3 is 4.74 Å². The predicted octanol–water partition coefficient (Wildman–Crippen LogP) is 1.92. The van der Waals surface area contributed by atoms with Crippen molar-refractivity contribution in [3.63, 3.8) is 0 Å². The zero-order chi connectivity index (χ0) is 12.2. The van der Waals surface area contributed by atoms with Crippen molar-refractivity contribution < 1.29 is 17.9 Å². The normalized spacial score (nSPS) is 10.3. The largest absolute Gasteiger partial charge is 0.574 e. The average Bonchev–Trinajstić information content (AvgIpc) is 2.18. The summed E-state index contributed by atoms with van der Waals surface area (Å²) in [6.07, 6.45) is -3.87. The van der Waals surface area contributed by atoms with Gasteiger partial charge in [0.25, 0.3) is 0 Å². The van der Waals surface area contributed by atoms with Gasteiger partial charge in [0.2, 0.25) is 5.88 Å². The van der Waals surface area contributed by atoms with E-state index in [9.17, 15) is 13.2 Å². The van der Waals surface area contributed by atoms with Gasteiger partial charge >= 0.3 is 6.36 Å². The third-order valence-electron chi connectivity index (χ3n) is 1.52. The summed E-state index contributed by atoms with van der Waals surface area (Å²) in [5.41, 5.74) is -0.00125. The zero-order valence-electron chi connectivity index (χ0n) is 7.75. The first-order valence-corrected chi connectivity index (χ1v) is 3.98. The smallest absolute Gasteiger partial charge is 0.386 e. The summed E-state index contributed by atoms with van der Waals surface area (Å²) >= 11 is 0. The first-order chi connectivity index (χ1) is 7.46. The number of nitrogens with zero attached hydrogens (tertiary/aromatic N) is 3. The molecule has 1 heterocycles. The number of aromatic nitrogens is 1. The highest BCUT2D eigenvalue weighted by Crippen LogP contribution is 2.24. The van der Waals surface area contributed by atoms with E-state index in [2.05, 4.69) is 9.72 Å². The van der Waals surface area contributed by atoms with Crippen molar-refractivity contribution in [1.82, 2.24) is 4.98 Å². The van der Waals surface area contributed by atoms with Crippen LogP contribution in [0, 0.1) is 22.7 Å². The molecule has 0 atom stereocenters. The molecule has 0 aromatic carbocycles. The van der Waals surface area contributed by atoms with E-state index < -0.39 is 12.2 Å². The van der Waals surface area contributed by atoms with Crippen LogP contribution in [0.2, 0.25) is 0 Å². The molecule has 0 aliphatic rings. The van der Waals surface area contributed by atoms with E-state index in [0.717, 1.165) is 12.3 Å². The first kappa shape index (κ1) is 11.8. The molecule has 0 saturated carbocycles. The molecule has 0 aliphatic heterocycles. The monoisotopic (exact) mass is 227 g/mol. The van der Waals surface area contributed by atoms with Gasteiger partial charge in [-0.1, -0.05) is 0 Å². The number of rotatable bonds is 2. The van der Waals surface area contributed by atoms with Crippen LogP contribution >= 0.6 is 0 Å². The second kappa shape index (κ2) is 4.49. The standard InChI is InChI=1S/C9H4F3N3O/c10-9(11,12)16-8-7(4-14)3-6(1-2-13)5-15-8/h3,5H,1H2. The van der Waals surface area contributed by atoms with Gasteiger partial charge in [0.1, 0.15) is 11.6 Å². The van der Waals surface area contributed by atoms with Crippen LogP contribution in [-0.4, -0.2) is 11.3 Å². The summed E-state index contributed by atoms with van der Waals surface area (Å²) in [4.78, 5) is 3.34. The molecule has 0 spiro atoms. The van der Waals surface area contributed by atoms with Gasteiger partial charge in [0.15, 0.2) is 0 Å². The molecule has 1 rings (SSSR count). The lowest BCUT2D eigenvalue weighted by molar-refractivity contribution is -0.276. The van der Waals surface area contributed by atoms with Gasteiger partial charge in [-0.15, -0.1) is 13.2 Å². The van der Waals surface area contributed by atoms with Crippen LogP contribution in [-0.2, 0) is 6.42 Å². The molecule has 16 heavy (non-hydrogen) atoms. The fraction of sp³-hybridized carbons (Fsp3) is 0.222. The summed E-state index contributed by atoms with van der Waals surface area (Å²) in [6, 6.07) is 4.45. The molecule has 0 N–H and O–H groups in total. The number of hydrogen-bond donors (Lipinski definition) is 0. The van der Waals surface area contributed by atoms with E-state index >= 15 is 0 Å². The van der Waals surface area contributed by atoms with E-state index in [1.807, 2.05) is 0 Å². The lowest BCUT2D eigenvalue weighted by atomic mass is 10.2. The Morgan fingerprint density at radius 2 is 2.06 bits per heavy atom. The Labute approximate surface area is 88.5 Å². The lowest BCUT2D eigenvalue weighted by Gasteiger charge is -2.09. The Morgan fingerprint density at radius 3 is 2.56 bits per heavy atom. The third-order valence-corrected chi connectivity index (χ3v) is 1.52. The number of alkyl halides is 3. The Hall–Kier alpha value is -2.28. The van der Waals surface area contributed by atoms with Gasteiger partial charge in [0, 0.05) is 6.20 Å². The molecular weight excluding hydrogens is 223 g/mol. The highest BCUT2D eigenvalue weighted by atomic mass is 19.4. The first-order valence-electron chi connectivity index (χ1n) is 3.98. The Morgan fingerprint density at radius 1 is 1.38 bits per heavy atom. The van der Waals surface area contributed by atoms with Gasteiger partial charge in [-0.05, 0) is 11.6 Å². The maximum atomic E-state index is 11.9. The number of nitriles is 2. The van der Waals surface area contributed by atoms with E-state index in [0.29, 0.717) is 5.56 Å². The number of ether oxygens (including phenoxy) is 1. The average molecular weight is 227 g/mol. The number of halogens is 3. The van der Waals surface area contributed by atoms with Crippen LogP contribution in [0.4, 0.5) is 13.2 Å². The number of hydrogen-bond acceptors (Lipinski definition) is 4. The summed E-state index contributed by atoms with van der Waals surface area (Å²) in [5, 5.41) is 17.0. The Bertz CT molecular complexity index is 470. The topological polar surface area (TPSA) is 69.7 Å². The fourth-order valence-electron chi connectivity index (χ4n) is 0.954. The zero-order valence-corrected chi connectivity index (χ0v) is 7.75. The maximum Gasteiger partial charge on any atom is 0.574 e. The minimum atomic E-state index is -4.89. The molecule has 0 unspecified atom stereocenters.